The van der Waals surface area contributed by atoms with Gasteiger partial charge in [-0.1, -0.05) is 48.2 Å². The summed E-state index contributed by atoms with van der Waals surface area (Å²) in [5.41, 5.74) is 1.70. The number of benzene rings is 2. The summed E-state index contributed by atoms with van der Waals surface area (Å²) in [6.45, 7) is 8.78. The van der Waals surface area contributed by atoms with E-state index in [0.717, 1.165) is 22.8 Å². The smallest absolute Gasteiger partial charge is 0.237 e. The Labute approximate surface area is 175 Å². The summed E-state index contributed by atoms with van der Waals surface area (Å²) in [4.78, 5) is 12.6. The lowest BCUT2D eigenvalue weighted by Crippen LogP contribution is -2.23. The van der Waals surface area contributed by atoms with Crippen LogP contribution in [-0.4, -0.2) is 32.5 Å². The normalized spacial score (nSPS) is 11.7. The molecule has 150 valence electrons. The number of nitrogens with one attached hydrogen (secondary N) is 1. The van der Waals surface area contributed by atoms with Gasteiger partial charge in [-0.3, -0.25) is 9.36 Å². The van der Waals surface area contributed by atoms with Crippen LogP contribution in [0.3, 0.4) is 0 Å². The van der Waals surface area contributed by atoms with Crippen molar-refractivity contribution >= 4 is 23.4 Å². The van der Waals surface area contributed by atoms with Gasteiger partial charge < -0.3 is 10.1 Å². The number of rotatable bonds is 9. The second kappa shape index (κ2) is 9.93. The molecule has 3 aromatic rings. The molecule has 1 N–H and O–H groups in total. The van der Waals surface area contributed by atoms with Gasteiger partial charge in [0.1, 0.15) is 5.75 Å². The van der Waals surface area contributed by atoms with Gasteiger partial charge in [-0.15, -0.1) is 16.8 Å². The summed E-state index contributed by atoms with van der Waals surface area (Å²) in [7, 11) is 0. The van der Waals surface area contributed by atoms with E-state index in [0.29, 0.717) is 18.3 Å². The molecule has 0 bridgehead atoms. The first-order chi connectivity index (χ1) is 14.1. The van der Waals surface area contributed by atoms with E-state index in [1.165, 1.54) is 11.8 Å². The van der Waals surface area contributed by atoms with Gasteiger partial charge in [0, 0.05) is 17.8 Å². The lowest BCUT2D eigenvalue weighted by molar-refractivity contribution is -0.115. The first-order valence-corrected chi connectivity index (χ1v) is 10.3. The molecule has 1 atom stereocenters. The minimum absolute atomic E-state index is 0.103. The van der Waals surface area contributed by atoms with E-state index in [4.69, 9.17) is 4.74 Å². The maximum Gasteiger partial charge on any atom is 0.237 e. The van der Waals surface area contributed by atoms with Crippen molar-refractivity contribution in [2.24, 2.45) is 0 Å². The van der Waals surface area contributed by atoms with E-state index >= 15 is 0 Å². The number of amides is 1. The molecule has 0 aliphatic heterocycles. The number of nitrogens with zero attached hydrogens (tertiary/aromatic N) is 3. The summed E-state index contributed by atoms with van der Waals surface area (Å²) in [6, 6.07) is 17.2. The standard InChI is InChI=1S/C22H24N4O2S/c1-4-15-26-20(17-9-7-6-8-10-17)24-25-22(26)29-16(3)21(27)23-18-11-13-19(14-12-18)28-5-2/h4,6-14,16H,1,5,15H2,2-3H3,(H,23,27)/t16-/m0/s1. The summed E-state index contributed by atoms with van der Waals surface area (Å²) < 4.78 is 7.39. The van der Waals surface area contributed by atoms with Crippen LogP contribution in [0.2, 0.25) is 0 Å². The SMILES string of the molecule is C=CCn1c(S[C@@H](C)C(=O)Nc2ccc(OCC)cc2)nnc1-c1ccccc1. The maximum atomic E-state index is 12.6. The zero-order valence-electron chi connectivity index (χ0n) is 16.5. The molecule has 29 heavy (non-hydrogen) atoms. The molecular weight excluding hydrogens is 384 g/mol. The average molecular weight is 409 g/mol. The molecular formula is C22H24N4O2S. The molecule has 0 aliphatic carbocycles. The van der Waals surface area contributed by atoms with Crippen molar-refractivity contribution in [3.8, 4) is 17.1 Å². The van der Waals surface area contributed by atoms with E-state index in [-0.39, 0.29) is 11.2 Å². The zero-order chi connectivity index (χ0) is 20.6. The Bertz CT molecular complexity index is 955. The van der Waals surface area contributed by atoms with Crippen molar-refractivity contribution in [2.75, 3.05) is 11.9 Å². The monoisotopic (exact) mass is 408 g/mol. The Kier molecular flexibility index (Phi) is 7.08. The van der Waals surface area contributed by atoms with E-state index < -0.39 is 0 Å². The number of anilines is 1. The zero-order valence-corrected chi connectivity index (χ0v) is 17.4. The molecule has 2 aromatic carbocycles. The third kappa shape index (κ3) is 5.26. The van der Waals surface area contributed by atoms with Crippen LogP contribution in [0.15, 0.2) is 72.4 Å². The second-order valence-electron chi connectivity index (χ2n) is 6.28. The van der Waals surface area contributed by atoms with E-state index in [9.17, 15) is 4.79 Å². The molecule has 0 spiro atoms. The highest BCUT2D eigenvalue weighted by Crippen LogP contribution is 2.27. The van der Waals surface area contributed by atoms with Crippen LogP contribution in [0.25, 0.3) is 11.4 Å². The van der Waals surface area contributed by atoms with Gasteiger partial charge in [-0.05, 0) is 38.1 Å². The van der Waals surface area contributed by atoms with Crippen molar-refractivity contribution in [2.45, 2.75) is 30.8 Å². The highest BCUT2D eigenvalue weighted by molar-refractivity contribution is 8.00. The predicted molar refractivity (Wildman–Crippen MR) is 117 cm³/mol. The molecule has 0 radical (unpaired) electrons. The van der Waals surface area contributed by atoms with Crippen molar-refractivity contribution in [3.05, 3.63) is 67.3 Å². The molecule has 3 rings (SSSR count). The topological polar surface area (TPSA) is 69.0 Å². The van der Waals surface area contributed by atoms with Gasteiger partial charge in [0.25, 0.3) is 0 Å². The summed E-state index contributed by atoms with van der Waals surface area (Å²) >= 11 is 1.37. The van der Waals surface area contributed by atoms with E-state index in [1.807, 2.05) is 73.0 Å². The van der Waals surface area contributed by atoms with Gasteiger partial charge >= 0.3 is 0 Å². The average Bonchev–Trinajstić information content (AvgIpc) is 3.13. The van der Waals surface area contributed by atoms with E-state index in [1.54, 1.807) is 6.08 Å². The van der Waals surface area contributed by atoms with Crippen LogP contribution in [0.1, 0.15) is 13.8 Å². The van der Waals surface area contributed by atoms with Gasteiger partial charge in [0.05, 0.1) is 11.9 Å². The third-order valence-corrected chi connectivity index (χ3v) is 5.23. The minimum atomic E-state index is -0.349. The molecule has 1 aromatic heterocycles. The summed E-state index contributed by atoms with van der Waals surface area (Å²) in [5, 5.41) is 11.9. The number of carbonyl (C=O) groups is 1. The van der Waals surface area contributed by atoms with Gasteiger partial charge in [-0.2, -0.15) is 0 Å². The van der Waals surface area contributed by atoms with Crippen LogP contribution in [0, 0.1) is 0 Å². The first kappa shape index (κ1) is 20.7. The van der Waals surface area contributed by atoms with Gasteiger partial charge in [0.15, 0.2) is 11.0 Å². The largest absolute Gasteiger partial charge is 0.494 e. The number of hydrogen-bond donors (Lipinski definition) is 1. The van der Waals surface area contributed by atoms with Crippen LogP contribution >= 0.6 is 11.8 Å². The van der Waals surface area contributed by atoms with Crippen molar-refractivity contribution < 1.29 is 9.53 Å². The van der Waals surface area contributed by atoms with Crippen molar-refractivity contribution in [3.63, 3.8) is 0 Å². The molecule has 6 nitrogen and oxygen atoms in total. The molecule has 0 unspecified atom stereocenters. The van der Waals surface area contributed by atoms with Crippen molar-refractivity contribution in [1.29, 1.82) is 0 Å². The Morgan fingerprint density at radius 3 is 2.59 bits per heavy atom. The Balaban J connectivity index is 1.71. The summed E-state index contributed by atoms with van der Waals surface area (Å²) in [5.74, 6) is 1.43. The highest BCUT2D eigenvalue weighted by Gasteiger charge is 2.20. The molecule has 0 saturated heterocycles. The molecule has 0 fully saturated rings. The number of hydrogen-bond acceptors (Lipinski definition) is 5. The van der Waals surface area contributed by atoms with Crippen LogP contribution in [-0.2, 0) is 11.3 Å². The summed E-state index contributed by atoms with van der Waals surface area (Å²) in [6.07, 6.45) is 1.80. The number of carbonyl (C=O) groups excluding carboxylic acids is 1. The number of aromatic nitrogens is 3. The predicted octanol–water partition coefficient (Wildman–Crippen LogP) is 4.65. The first-order valence-electron chi connectivity index (χ1n) is 9.42. The molecule has 0 saturated carbocycles. The van der Waals surface area contributed by atoms with Gasteiger partial charge in [0.2, 0.25) is 5.91 Å². The Morgan fingerprint density at radius 2 is 1.93 bits per heavy atom. The molecule has 7 heteroatoms. The Hall–Kier alpha value is -3.06. The van der Waals surface area contributed by atoms with Crippen molar-refractivity contribution in [1.82, 2.24) is 14.8 Å². The lowest BCUT2D eigenvalue weighted by atomic mass is 10.2. The van der Waals surface area contributed by atoms with Crippen LogP contribution < -0.4 is 10.1 Å². The minimum Gasteiger partial charge on any atom is -0.494 e. The molecule has 1 amide bonds. The third-order valence-electron chi connectivity index (χ3n) is 4.14. The number of ether oxygens (including phenoxy) is 1. The fourth-order valence-electron chi connectivity index (χ4n) is 2.73. The number of allylic oxidation sites excluding steroid dienone is 1. The molecule has 1 heterocycles. The van der Waals surface area contributed by atoms with E-state index in [2.05, 4.69) is 22.1 Å². The highest BCUT2D eigenvalue weighted by atomic mass is 32.2. The van der Waals surface area contributed by atoms with Crippen LogP contribution in [0.4, 0.5) is 5.69 Å². The fourth-order valence-corrected chi connectivity index (χ4v) is 3.59. The maximum absolute atomic E-state index is 12.6. The fraction of sp³-hybridized carbons (Fsp3) is 0.227. The Morgan fingerprint density at radius 1 is 1.21 bits per heavy atom. The number of thioether (sulfide) groups is 1. The second-order valence-corrected chi connectivity index (χ2v) is 7.59. The van der Waals surface area contributed by atoms with Crippen LogP contribution in [0.5, 0.6) is 5.75 Å². The lowest BCUT2D eigenvalue weighted by Gasteiger charge is -2.13. The molecule has 0 aliphatic rings. The van der Waals surface area contributed by atoms with Gasteiger partial charge in [-0.25, -0.2) is 0 Å². The quantitative estimate of drug-likeness (QED) is 0.412.